The van der Waals surface area contributed by atoms with Gasteiger partial charge < -0.3 is 28.6 Å². The minimum atomic E-state index is -1.13. The monoisotopic (exact) mass is 830 g/mol. The minimum absolute atomic E-state index is 0.0360. The maximum absolute atomic E-state index is 12.8. The number of quaternary nitrogens is 1. The van der Waals surface area contributed by atoms with E-state index in [4.69, 9.17) is 14.2 Å². The number of esters is 2. The largest absolute Gasteiger partial charge is 0.544 e. The average molecular weight is 830 g/mol. The van der Waals surface area contributed by atoms with E-state index in [2.05, 4.69) is 62.5 Å². The minimum Gasteiger partial charge on any atom is -0.544 e. The van der Waals surface area contributed by atoms with Crippen LogP contribution < -0.4 is 5.11 Å². The predicted molar refractivity (Wildman–Crippen MR) is 245 cm³/mol. The van der Waals surface area contributed by atoms with Crippen LogP contribution in [0.25, 0.3) is 0 Å². The number of aliphatic carboxylic acids is 1. The highest BCUT2D eigenvalue weighted by Crippen LogP contribution is 2.15. The molecule has 0 aromatic heterocycles. The first-order chi connectivity index (χ1) is 28.6. The Morgan fingerprint density at radius 1 is 0.525 bits per heavy atom. The Labute approximate surface area is 363 Å². The summed E-state index contributed by atoms with van der Waals surface area (Å²) in [6.45, 7) is 4.55. The van der Waals surface area contributed by atoms with Gasteiger partial charge in [-0.1, -0.05) is 184 Å². The number of hydrogen-bond donors (Lipinski definition) is 0. The number of carboxylic acids is 1. The normalized spacial score (nSPS) is 13.3. The van der Waals surface area contributed by atoms with Crippen molar-refractivity contribution in [2.24, 2.45) is 0 Å². The van der Waals surface area contributed by atoms with Gasteiger partial charge in [0.15, 0.2) is 6.10 Å². The predicted octanol–water partition coefficient (Wildman–Crippen LogP) is 12.3. The smallest absolute Gasteiger partial charge is 0.306 e. The first kappa shape index (κ1) is 56.3. The lowest BCUT2D eigenvalue weighted by molar-refractivity contribution is -0.889. The second kappa shape index (κ2) is 42.0. The van der Waals surface area contributed by atoms with Gasteiger partial charge in [0.2, 0.25) is 0 Å². The molecule has 0 N–H and O–H groups in total. The maximum Gasteiger partial charge on any atom is 0.306 e. The Morgan fingerprint density at radius 2 is 0.949 bits per heavy atom. The van der Waals surface area contributed by atoms with Crippen LogP contribution in [0.3, 0.4) is 0 Å². The summed E-state index contributed by atoms with van der Waals surface area (Å²) in [5.74, 6) is -1.75. The second-order valence-electron chi connectivity index (χ2n) is 17.3. The van der Waals surface area contributed by atoms with Crippen molar-refractivity contribution in [3.63, 3.8) is 0 Å². The molecule has 0 aliphatic carbocycles. The number of hydrogen-bond acceptors (Lipinski definition) is 7. The van der Waals surface area contributed by atoms with Gasteiger partial charge in [-0.15, -0.1) is 0 Å². The Bertz CT molecular complexity index is 1110. The fraction of sp³-hybridized carbons (Fsp3) is 0.784. The van der Waals surface area contributed by atoms with Crippen LogP contribution in [-0.2, 0) is 28.6 Å². The molecule has 0 saturated heterocycles. The van der Waals surface area contributed by atoms with Gasteiger partial charge in [0.1, 0.15) is 12.6 Å². The van der Waals surface area contributed by atoms with Gasteiger partial charge in [0.25, 0.3) is 0 Å². The SMILES string of the molecule is CC/C=C/C/C=C/C/C=C/C/C=C/CCCCCCCCC(=O)OC(COCCC(C(=O)[O-])[N+](C)(C)C)COC(=O)CCCCCCCCCCCCCCCCCC. The Morgan fingerprint density at radius 3 is 1.41 bits per heavy atom. The lowest BCUT2D eigenvalue weighted by Gasteiger charge is -2.34. The number of carboxylic acid groups (broad SMARTS) is 1. The topological polar surface area (TPSA) is 102 Å². The van der Waals surface area contributed by atoms with E-state index in [-0.39, 0.29) is 42.7 Å². The molecular formula is C51H91NO7. The third kappa shape index (κ3) is 40.5. The molecule has 0 aromatic carbocycles. The summed E-state index contributed by atoms with van der Waals surface area (Å²) in [5.41, 5.74) is 0. The Hall–Kier alpha value is -2.71. The first-order valence-corrected chi connectivity index (χ1v) is 24.2. The van der Waals surface area contributed by atoms with Crippen molar-refractivity contribution >= 4 is 17.9 Å². The van der Waals surface area contributed by atoms with Gasteiger partial charge in [0, 0.05) is 19.3 Å². The Balaban J connectivity index is 4.31. The molecule has 0 aliphatic rings. The maximum atomic E-state index is 12.8. The standard InChI is InChI=1S/C51H91NO7/c1-6-8-10-12-14-16-18-20-22-24-25-26-28-30-32-34-36-38-40-42-50(54)59-47(45-57-44-43-48(51(55)56)52(3,4)5)46-58-49(53)41-39-37-35-33-31-29-27-23-21-19-17-15-13-11-9-7-2/h8,10,14,16,20,22,25-26,47-48H,6-7,9,11-13,15,17-19,21,23-24,27-46H2,1-5H3/b10-8+,16-14+,22-20+,26-25+. The first-order valence-electron chi connectivity index (χ1n) is 24.2. The average Bonchev–Trinajstić information content (AvgIpc) is 3.19. The molecule has 0 spiro atoms. The van der Waals surface area contributed by atoms with Crippen molar-refractivity contribution in [3.8, 4) is 0 Å². The molecule has 8 nitrogen and oxygen atoms in total. The Kier molecular flexibility index (Phi) is 40.1. The highest BCUT2D eigenvalue weighted by Gasteiger charge is 2.25. The number of allylic oxidation sites excluding steroid dienone is 8. The summed E-state index contributed by atoms with van der Waals surface area (Å²) < 4.78 is 17.2. The number of rotatable bonds is 43. The molecule has 0 bridgehead atoms. The molecule has 342 valence electrons. The van der Waals surface area contributed by atoms with E-state index in [0.29, 0.717) is 12.8 Å². The van der Waals surface area contributed by atoms with E-state index in [1.165, 1.54) is 96.3 Å². The van der Waals surface area contributed by atoms with Crippen LogP contribution in [0, 0.1) is 0 Å². The van der Waals surface area contributed by atoms with E-state index in [9.17, 15) is 19.5 Å². The molecule has 0 radical (unpaired) electrons. The van der Waals surface area contributed by atoms with E-state index in [0.717, 1.165) is 77.0 Å². The highest BCUT2D eigenvalue weighted by molar-refractivity contribution is 5.70. The van der Waals surface area contributed by atoms with E-state index in [1.807, 2.05) is 0 Å². The third-order valence-corrected chi connectivity index (χ3v) is 10.7. The lowest BCUT2D eigenvalue weighted by Crippen LogP contribution is -2.55. The molecule has 2 atom stereocenters. The van der Waals surface area contributed by atoms with Crippen molar-refractivity contribution in [1.82, 2.24) is 0 Å². The molecule has 0 rings (SSSR count). The summed E-state index contributed by atoms with van der Waals surface area (Å²) in [7, 11) is 5.41. The fourth-order valence-electron chi connectivity index (χ4n) is 7.00. The molecule has 0 saturated carbocycles. The fourth-order valence-corrected chi connectivity index (χ4v) is 7.00. The van der Waals surface area contributed by atoms with Crippen LogP contribution in [0.2, 0.25) is 0 Å². The molecule has 59 heavy (non-hydrogen) atoms. The zero-order valence-electron chi connectivity index (χ0n) is 38.9. The van der Waals surface area contributed by atoms with Crippen molar-refractivity contribution in [1.29, 1.82) is 0 Å². The van der Waals surface area contributed by atoms with Gasteiger partial charge in [-0.05, 0) is 51.4 Å². The number of ether oxygens (including phenoxy) is 3. The van der Waals surface area contributed by atoms with Crippen LogP contribution in [0.5, 0.6) is 0 Å². The molecule has 0 aromatic rings. The number of carbonyl (C=O) groups excluding carboxylic acids is 3. The van der Waals surface area contributed by atoms with Gasteiger partial charge in [-0.3, -0.25) is 9.59 Å². The van der Waals surface area contributed by atoms with Crippen molar-refractivity contribution in [2.45, 2.75) is 219 Å². The van der Waals surface area contributed by atoms with Crippen LogP contribution in [-0.4, -0.2) is 75.5 Å². The number of unbranched alkanes of at least 4 members (excludes halogenated alkanes) is 21. The number of carbonyl (C=O) groups is 3. The van der Waals surface area contributed by atoms with Crippen LogP contribution in [0.4, 0.5) is 0 Å². The second-order valence-corrected chi connectivity index (χ2v) is 17.3. The van der Waals surface area contributed by atoms with Gasteiger partial charge in [-0.25, -0.2) is 0 Å². The van der Waals surface area contributed by atoms with Crippen molar-refractivity contribution in [3.05, 3.63) is 48.6 Å². The molecule has 0 heterocycles. The number of nitrogens with zero attached hydrogens (tertiary/aromatic N) is 1. The molecule has 0 aliphatic heterocycles. The molecule has 0 amide bonds. The quantitative estimate of drug-likeness (QED) is 0.0261. The molecule has 0 fully saturated rings. The van der Waals surface area contributed by atoms with Crippen LogP contribution >= 0.6 is 0 Å². The summed E-state index contributed by atoms with van der Waals surface area (Å²) in [6.07, 6.45) is 49.9. The van der Waals surface area contributed by atoms with Crippen molar-refractivity contribution in [2.75, 3.05) is 41.0 Å². The summed E-state index contributed by atoms with van der Waals surface area (Å²) in [4.78, 5) is 37.0. The zero-order chi connectivity index (χ0) is 43.5. The van der Waals surface area contributed by atoms with Crippen LogP contribution in [0.15, 0.2) is 48.6 Å². The zero-order valence-corrected chi connectivity index (χ0v) is 38.9. The van der Waals surface area contributed by atoms with Gasteiger partial charge in [0.05, 0.1) is 40.3 Å². The number of likely N-dealkylation sites (N-methyl/N-ethyl adjacent to an activating group) is 1. The lowest BCUT2D eigenvalue weighted by atomic mass is 10.0. The van der Waals surface area contributed by atoms with Crippen molar-refractivity contribution < 1.29 is 38.2 Å². The molecule has 2 unspecified atom stereocenters. The summed E-state index contributed by atoms with van der Waals surface area (Å²) in [5, 5.41) is 11.6. The van der Waals surface area contributed by atoms with Gasteiger partial charge >= 0.3 is 11.9 Å². The highest BCUT2D eigenvalue weighted by atomic mass is 16.6. The molecular weight excluding hydrogens is 739 g/mol. The third-order valence-electron chi connectivity index (χ3n) is 10.7. The van der Waals surface area contributed by atoms with E-state index < -0.39 is 18.1 Å². The van der Waals surface area contributed by atoms with Crippen LogP contribution in [0.1, 0.15) is 206 Å². The molecule has 8 heteroatoms. The van der Waals surface area contributed by atoms with E-state index >= 15 is 0 Å². The summed E-state index contributed by atoms with van der Waals surface area (Å²) >= 11 is 0. The summed E-state index contributed by atoms with van der Waals surface area (Å²) in [6, 6.07) is -0.728. The van der Waals surface area contributed by atoms with E-state index in [1.54, 1.807) is 21.1 Å². The van der Waals surface area contributed by atoms with Gasteiger partial charge in [-0.2, -0.15) is 0 Å².